The summed E-state index contributed by atoms with van der Waals surface area (Å²) in [5.74, 6) is -4.57. The molecule has 40 heavy (non-hydrogen) atoms. The second-order valence-corrected chi connectivity index (χ2v) is 9.04. The number of hydrogen-bond acceptors (Lipinski definition) is 6. The molecule has 1 aromatic heterocycles. The van der Waals surface area contributed by atoms with Gasteiger partial charge in [0.15, 0.2) is 11.6 Å². The molecule has 0 bridgehead atoms. The van der Waals surface area contributed by atoms with Gasteiger partial charge in [0, 0.05) is 23.9 Å². The van der Waals surface area contributed by atoms with Crippen molar-refractivity contribution in [3.05, 3.63) is 125 Å². The van der Waals surface area contributed by atoms with E-state index in [4.69, 9.17) is 10.00 Å². The lowest BCUT2D eigenvalue weighted by Crippen LogP contribution is -2.24. The fraction of sp³-hybridized carbons (Fsp3) is 0.0968. The number of hydrogen-bond donors (Lipinski definition) is 2. The third-order valence-corrected chi connectivity index (χ3v) is 6.37. The number of aromatic amines is 1. The van der Waals surface area contributed by atoms with Gasteiger partial charge >= 0.3 is 0 Å². The van der Waals surface area contributed by atoms with Crippen LogP contribution in [0, 0.1) is 23.0 Å². The summed E-state index contributed by atoms with van der Waals surface area (Å²) in [6.07, 6.45) is 0. The molecule has 198 valence electrons. The normalized spacial score (nSPS) is 11.6. The van der Waals surface area contributed by atoms with Gasteiger partial charge in [0.25, 0.3) is 0 Å². The SMILES string of the molecule is COc1ccccc1C(=O)C(C(=O)c1cc(F)cc(F)c1)c1nc2ccc(NCc3cccc(C#N)c3)cc2[nH]1. The first-order valence-corrected chi connectivity index (χ1v) is 12.3. The van der Waals surface area contributed by atoms with Gasteiger partial charge in [-0.15, -0.1) is 0 Å². The molecule has 5 aromatic rings. The zero-order valence-corrected chi connectivity index (χ0v) is 21.2. The van der Waals surface area contributed by atoms with Crippen molar-refractivity contribution < 1.29 is 23.1 Å². The first kappa shape index (κ1) is 26.3. The Kier molecular flexibility index (Phi) is 7.33. The fourth-order valence-corrected chi connectivity index (χ4v) is 4.46. The minimum absolute atomic E-state index is 0.0273. The smallest absolute Gasteiger partial charge is 0.185 e. The van der Waals surface area contributed by atoms with Crippen molar-refractivity contribution in [1.82, 2.24) is 9.97 Å². The third-order valence-electron chi connectivity index (χ3n) is 6.37. The van der Waals surface area contributed by atoms with Crippen LogP contribution < -0.4 is 10.1 Å². The number of rotatable bonds is 9. The molecular weight excluding hydrogens is 514 g/mol. The van der Waals surface area contributed by atoms with Crippen molar-refractivity contribution in [2.45, 2.75) is 12.5 Å². The van der Waals surface area contributed by atoms with Crippen LogP contribution in [0.5, 0.6) is 5.75 Å². The van der Waals surface area contributed by atoms with Crippen LogP contribution in [0.25, 0.3) is 11.0 Å². The van der Waals surface area contributed by atoms with Gasteiger partial charge in [-0.05, 0) is 60.2 Å². The number of imidazole rings is 1. The first-order chi connectivity index (χ1) is 19.4. The van der Waals surface area contributed by atoms with E-state index >= 15 is 0 Å². The maximum atomic E-state index is 14.0. The van der Waals surface area contributed by atoms with E-state index in [0.717, 1.165) is 23.4 Å². The largest absolute Gasteiger partial charge is 0.496 e. The number of nitrogens with one attached hydrogen (secondary N) is 2. The van der Waals surface area contributed by atoms with Crippen LogP contribution in [0.3, 0.4) is 0 Å². The molecule has 9 heteroatoms. The molecule has 4 aromatic carbocycles. The number of H-pyrrole nitrogens is 1. The summed E-state index contributed by atoms with van der Waals surface area (Å²) in [7, 11) is 1.40. The second kappa shape index (κ2) is 11.2. The number of para-hydroxylation sites is 1. The van der Waals surface area contributed by atoms with E-state index in [0.29, 0.717) is 29.2 Å². The number of aromatic nitrogens is 2. The Morgan fingerprint density at radius 3 is 2.50 bits per heavy atom. The molecule has 0 spiro atoms. The molecule has 1 atom stereocenters. The zero-order chi connectivity index (χ0) is 28.2. The van der Waals surface area contributed by atoms with Crippen LogP contribution in [0.1, 0.15) is 43.6 Å². The Balaban J connectivity index is 1.52. The van der Waals surface area contributed by atoms with E-state index in [1.165, 1.54) is 13.2 Å². The summed E-state index contributed by atoms with van der Waals surface area (Å²) in [5, 5.41) is 12.4. The van der Waals surface area contributed by atoms with Gasteiger partial charge in [-0.25, -0.2) is 13.8 Å². The standard InChI is InChI=1S/C31H22F2N4O3/c1-40-27-8-3-2-7-24(27)30(39)28(29(38)20-12-21(32)14-22(33)13-20)31-36-25-10-9-23(15-26(25)37-31)35-17-19-6-4-5-18(11-19)16-34/h2-15,28,35H,17H2,1H3,(H,36,37). The Hall–Kier alpha value is -5.36. The minimum atomic E-state index is -1.52. The topological polar surface area (TPSA) is 108 Å². The van der Waals surface area contributed by atoms with Crippen LogP contribution in [-0.4, -0.2) is 28.6 Å². The highest BCUT2D eigenvalue weighted by molar-refractivity contribution is 6.20. The number of carbonyl (C=O) groups is 2. The van der Waals surface area contributed by atoms with Crippen molar-refractivity contribution in [2.24, 2.45) is 0 Å². The number of Topliss-reactive ketones (excluding diaryl/α,β-unsaturated/α-hetero) is 2. The number of carbonyl (C=O) groups excluding carboxylic acids is 2. The van der Waals surface area contributed by atoms with Crippen molar-refractivity contribution in [3.8, 4) is 11.8 Å². The van der Waals surface area contributed by atoms with Crippen molar-refractivity contribution in [1.29, 1.82) is 5.26 Å². The summed E-state index contributed by atoms with van der Waals surface area (Å²) >= 11 is 0. The molecule has 1 heterocycles. The highest BCUT2D eigenvalue weighted by Gasteiger charge is 2.35. The van der Waals surface area contributed by atoms with Gasteiger partial charge in [-0.2, -0.15) is 5.26 Å². The van der Waals surface area contributed by atoms with Crippen LogP contribution >= 0.6 is 0 Å². The Morgan fingerprint density at radius 2 is 1.75 bits per heavy atom. The summed E-state index contributed by atoms with van der Waals surface area (Å²) in [6.45, 7) is 0.459. The van der Waals surface area contributed by atoms with E-state index < -0.39 is 29.1 Å². The summed E-state index contributed by atoms with van der Waals surface area (Å²) in [5.41, 5.74) is 3.07. The van der Waals surface area contributed by atoms with Crippen LogP contribution in [-0.2, 0) is 6.54 Å². The quantitative estimate of drug-likeness (QED) is 0.172. The second-order valence-electron chi connectivity index (χ2n) is 9.04. The van der Waals surface area contributed by atoms with Gasteiger partial charge < -0.3 is 15.0 Å². The molecule has 7 nitrogen and oxygen atoms in total. The lowest BCUT2D eigenvalue weighted by Gasteiger charge is -2.15. The molecule has 0 aliphatic rings. The number of anilines is 1. The number of halogens is 2. The van der Waals surface area contributed by atoms with Gasteiger partial charge in [-0.3, -0.25) is 9.59 Å². The van der Waals surface area contributed by atoms with Gasteiger partial charge in [0.1, 0.15) is 29.1 Å². The zero-order valence-electron chi connectivity index (χ0n) is 21.2. The van der Waals surface area contributed by atoms with E-state index in [2.05, 4.69) is 21.4 Å². The van der Waals surface area contributed by atoms with Gasteiger partial charge in [0.05, 0.1) is 35.3 Å². The van der Waals surface area contributed by atoms with Gasteiger partial charge in [0.2, 0.25) is 0 Å². The van der Waals surface area contributed by atoms with E-state index in [-0.39, 0.29) is 22.7 Å². The molecular formula is C31H22F2N4O3. The summed E-state index contributed by atoms with van der Waals surface area (Å²) in [4.78, 5) is 35.0. The molecule has 2 N–H and O–H groups in total. The summed E-state index contributed by atoms with van der Waals surface area (Å²) < 4.78 is 33.3. The third kappa shape index (κ3) is 5.42. The molecule has 0 aliphatic carbocycles. The number of benzene rings is 4. The lowest BCUT2D eigenvalue weighted by atomic mass is 9.89. The average Bonchev–Trinajstić information content (AvgIpc) is 3.38. The maximum Gasteiger partial charge on any atom is 0.185 e. The molecule has 0 aliphatic heterocycles. The number of nitriles is 1. The average molecular weight is 537 g/mol. The molecule has 0 radical (unpaired) electrons. The number of ketones is 2. The van der Waals surface area contributed by atoms with Crippen LogP contribution in [0.15, 0.2) is 84.9 Å². The van der Waals surface area contributed by atoms with Crippen molar-refractivity contribution >= 4 is 28.3 Å². The maximum absolute atomic E-state index is 14.0. The molecule has 0 amide bonds. The van der Waals surface area contributed by atoms with E-state index in [9.17, 15) is 18.4 Å². The van der Waals surface area contributed by atoms with Crippen molar-refractivity contribution in [2.75, 3.05) is 12.4 Å². The Morgan fingerprint density at radius 1 is 0.975 bits per heavy atom. The summed E-state index contributed by atoms with van der Waals surface area (Å²) in [6, 6.07) is 23.5. The monoisotopic (exact) mass is 536 g/mol. The molecule has 0 saturated carbocycles. The molecule has 1 unspecified atom stereocenters. The number of ether oxygens (including phenoxy) is 1. The Bertz CT molecular complexity index is 1770. The minimum Gasteiger partial charge on any atom is -0.496 e. The molecule has 0 fully saturated rings. The highest BCUT2D eigenvalue weighted by Crippen LogP contribution is 2.30. The number of methoxy groups -OCH3 is 1. The fourth-order valence-electron chi connectivity index (χ4n) is 4.46. The van der Waals surface area contributed by atoms with Crippen molar-refractivity contribution in [3.63, 3.8) is 0 Å². The predicted octanol–water partition coefficient (Wildman–Crippen LogP) is 6.18. The first-order valence-electron chi connectivity index (χ1n) is 12.3. The molecule has 5 rings (SSSR count). The number of fused-ring (bicyclic) bond motifs is 1. The number of nitrogens with zero attached hydrogens (tertiary/aromatic N) is 2. The van der Waals surface area contributed by atoms with Gasteiger partial charge in [-0.1, -0.05) is 24.3 Å². The molecule has 0 saturated heterocycles. The Labute approximate surface area is 228 Å². The predicted molar refractivity (Wildman–Crippen MR) is 145 cm³/mol. The van der Waals surface area contributed by atoms with Crippen LogP contribution in [0.2, 0.25) is 0 Å². The van der Waals surface area contributed by atoms with E-state index in [1.807, 2.05) is 6.07 Å². The van der Waals surface area contributed by atoms with E-state index in [1.54, 1.807) is 54.6 Å². The lowest BCUT2D eigenvalue weighted by molar-refractivity contribution is 0.0854. The van der Waals surface area contributed by atoms with Crippen LogP contribution in [0.4, 0.5) is 14.5 Å². The highest BCUT2D eigenvalue weighted by atomic mass is 19.1.